The Bertz CT molecular complexity index is 674. The average molecular weight is 374 g/mol. The van der Waals surface area contributed by atoms with Gasteiger partial charge in [0.15, 0.2) is 5.84 Å². The minimum Gasteiger partial charge on any atom is -0.489 e. The van der Waals surface area contributed by atoms with Crippen LogP contribution in [0.4, 0.5) is 4.39 Å². The van der Waals surface area contributed by atoms with Crippen molar-refractivity contribution in [3.05, 3.63) is 62.8 Å². The molecule has 0 saturated heterocycles. The van der Waals surface area contributed by atoms with Crippen molar-refractivity contribution < 1.29 is 14.3 Å². The fraction of sp³-hybridized carbons (Fsp3) is 0.0714. The van der Waals surface area contributed by atoms with Crippen molar-refractivity contribution >= 4 is 33.4 Å². The van der Waals surface area contributed by atoms with Crippen molar-refractivity contribution in [1.82, 2.24) is 0 Å². The Kier molecular flexibility index (Phi) is 5.03. The van der Waals surface area contributed by atoms with E-state index in [1.165, 1.54) is 12.1 Å². The van der Waals surface area contributed by atoms with Gasteiger partial charge >= 0.3 is 0 Å². The minimum absolute atomic E-state index is 0.0828. The second-order valence-corrected chi connectivity index (χ2v) is 5.52. The van der Waals surface area contributed by atoms with Gasteiger partial charge in [-0.15, -0.1) is 0 Å². The predicted molar refractivity (Wildman–Crippen MR) is 82.4 cm³/mol. The highest BCUT2D eigenvalue weighted by Gasteiger charge is 2.07. The Morgan fingerprint density at radius 2 is 2.10 bits per heavy atom. The van der Waals surface area contributed by atoms with Crippen LogP contribution in [0.2, 0.25) is 5.02 Å². The number of hydrogen-bond donors (Lipinski definition) is 2. The van der Waals surface area contributed by atoms with E-state index in [1.54, 1.807) is 24.3 Å². The smallest absolute Gasteiger partial charge is 0.171 e. The molecule has 21 heavy (non-hydrogen) atoms. The maximum Gasteiger partial charge on any atom is 0.171 e. The predicted octanol–water partition coefficient (Wildman–Crippen LogP) is 3.92. The maximum atomic E-state index is 13.2. The monoisotopic (exact) mass is 372 g/mol. The van der Waals surface area contributed by atoms with Gasteiger partial charge < -0.3 is 15.7 Å². The number of amidine groups is 1. The Morgan fingerprint density at radius 3 is 2.71 bits per heavy atom. The molecule has 2 rings (SSSR count). The Hall–Kier alpha value is -1.79. The van der Waals surface area contributed by atoms with Crippen LogP contribution >= 0.6 is 27.5 Å². The van der Waals surface area contributed by atoms with Gasteiger partial charge in [-0.3, -0.25) is 0 Å². The highest BCUT2D eigenvalue weighted by Crippen LogP contribution is 2.24. The third-order valence-corrected chi connectivity index (χ3v) is 3.42. The molecule has 2 aromatic rings. The highest BCUT2D eigenvalue weighted by atomic mass is 79.9. The Morgan fingerprint density at radius 1 is 1.33 bits per heavy atom. The van der Waals surface area contributed by atoms with Crippen molar-refractivity contribution in [2.24, 2.45) is 10.9 Å². The van der Waals surface area contributed by atoms with Crippen LogP contribution in [-0.4, -0.2) is 11.0 Å². The largest absolute Gasteiger partial charge is 0.489 e. The normalized spacial score (nSPS) is 11.5. The van der Waals surface area contributed by atoms with Crippen LogP contribution in [0.3, 0.4) is 0 Å². The molecule has 0 heterocycles. The number of hydrogen-bond acceptors (Lipinski definition) is 3. The first-order valence-corrected chi connectivity index (χ1v) is 7.02. The SMILES string of the molecule is N/C(=N/O)c1ccc(OCc2cc(F)cc(Br)c2)cc1Cl. The van der Waals surface area contributed by atoms with Gasteiger partial charge in [0.1, 0.15) is 18.2 Å². The lowest BCUT2D eigenvalue weighted by Gasteiger charge is -2.09. The third-order valence-electron chi connectivity index (χ3n) is 2.65. The topological polar surface area (TPSA) is 67.8 Å². The van der Waals surface area contributed by atoms with Crippen LogP contribution in [0.5, 0.6) is 5.75 Å². The van der Waals surface area contributed by atoms with Crippen molar-refractivity contribution in [2.75, 3.05) is 0 Å². The first-order chi connectivity index (χ1) is 9.99. The number of nitrogens with two attached hydrogens (primary N) is 1. The van der Waals surface area contributed by atoms with Crippen LogP contribution in [0.25, 0.3) is 0 Å². The molecule has 0 fully saturated rings. The second-order valence-electron chi connectivity index (χ2n) is 4.19. The van der Waals surface area contributed by atoms with E-state index >= 15 is 0 Å². The lowest BCUT2D eigenvalue weighted by atomic mass is 10.2. The number of nitrogens with zero attached hydrogens (tertiary/aromatic N) is 1. The molecule has 0 aliphatic rings. The quantitative estimate of drug-likeness (QED) is 0.369. The molecule has 0 aliphatic heterocycles. The number of benzene rings is 2. The molecule has 0 aromatic heterocycles. The first-order valence-electron chi connectivity index (χ1n) is 5.85. The van der Waals surface area contributed by atoms with Crippen molar-refractivity contribution in [3.8, 4) is 5.75 Å². The van der Waals surface area contributed by atoms with E-state index in [0.29, 0.717) is 26.4 Å². The maximum absolute atomic E-state index is 13.2. The van der Waals surface area contributed by atoms with Crippen molar-refractivity contribution in [2.45, 2.75) is 6.61 Å². The number of oxime groups is 1. The summed E-state index contributed by atoms with van der Waals surface area (Å²) in [5.74, 6) is 0.0683. The van der Waals surface area contributed by atoms with E-state index in [1.807, 2.05) is 0 Å². The second kappa shape index (κ2) is 6.78. The molecule has 110 valence electrons. The summed E-state index contributed by atoms with van der Waals surface area (Å²) in [6.45, 7) is 0.190. The molecule has 0 radical (unpaired) electrons. The molecule has 0 aliphatic carbocycles. The Balaban J connectivity index is 2.12. The van der Waals surface area contributed by atoms with Crippen LogP contribution in [-0.2, 0) is 6.61 Å². The van der Waals surface area contributed by atoms with Gasteiger partial charge in [-0.25, -0.2) is 4.39 Å². The van der Waals surface area contributed by atoms with Gasteiger partial charge in [0.05, 0.1) is 5.02 Å². The van der Waals surface area contributed by atoms with Crippen LogP contribution in [0.15, 0.2) is 46.0 Å². The molecule has 2 aromatic carbocycles. The van der Waals surface area contributed by atoms with Crippen molar-refractivity contribution in [1.29, 1.82) is 0 Å². The fourth-order valence-electron chi connectivity index (χ4n) is 1.71. The van der Waals surface area contributed by atoms with E-state index in [4.69, 9.17) is 27.3 Å². The molecule has 0 atom stereocenters. The van der Waals surface area contributed by atoms with Gasteiger partial charge in [0.25, 0.3) is 0 Å². The van der Waals surface area contributed by atoms with E-state index < -0.39 is 0 Å². The molecule has 0 amide bonds. The van der Waals surface area contributed by atoms with Crippen LogP contribution < -0.4 is 10.5 Å². The molecule has 0 unspecified atom stereocenters. The summed E-state index contributed by atoms with van der Waals surface area (Å²) in [5, 5.41) is 11.8. The van der Waals surface area contributed by atoms with Gasteiger partial charge in [0.2, 0.25) is 0 Å². The summed E-state index contributed by atoms with van der Waals surface area (Å²) in [6.07, 6.45) is 0. The fourth-order valence-corrected chi connectivity index (χ4v) is 2.49. The zero-order chi connectivity index (χ0) is 15.4. The lowest BCUT2D eigenvalue weighted by Crippen LogP contribution is -2.13. The summed E-state index contributed by atoms with van der Waals surface area (Å²) in [7, 11) is 0. The summed E-state index contributed by atoms with van der Waals surface area (Å²) in [5.41, 5.74) is 6.55. The van der Waals surface area contributed by atoms with Crippen LogP contribution in [0, 0.1) is 5.82 Å². The molecular formula is C14H11BrClFN2O2. The summed E-state index contributed by atoms with van der Waals surface area (Å²) >= 11 is 9.23. The Labute approximate surface area is 134 Å². The van der Waals surface area contributed by atoms with Gasteiger partial charge in [-0.05, 0) is 42.0 Å². The van der Waals surface area contributed by atoms with Gasteiger partial charge in [-0.2, -0.15) is 0 Å². The summed E-state index contributed by atoms with van der Waals surface area (Å²) in [4.78, 5) is 0. The number of ether oxygens (including phenoxy) is 1. The van der Waals surface area contributed by atoms with Gasteiger partial charge in [0, 0.05) is 10.0 Å². The van der Waals surface area contributed by atoms with E-state index in [0.717, 1.165) is 0 Å². The molecule has 0 bridgehead atoms. The summed E-state index contributed by atoms with van der Waals surface area (Å²) < 4.78 is 19.4. The zero-order valence-electron chi connectivity index (χ0n) is 10.7. The van der Waals surface area contributed by atoms with E-state index in [2.05, 4.69) is 21.1 Å². The molecule has 0 saturated carbocycles. The summed E-state index contributed by atoms with van der Waals surface area (Å²) in [6, 6.07) is 9.27. The lowest BCUT2D eigenvalue weighted by molar-refractivity contribution is 0.305. The van der Waals surface area contributed by atoms with Crippen molar-refractivity contribution in [3.63, 3.8) is 0 Å². The van der Waals surface area contributed by atoms with Crippen LogP contribution in [0.1, 0.15) is 11.1 Å². The molecule has 7 heteroatoms. The third kappa shape index (κ3) is 4.09. The van der Waals surface area contributed by atoms with E-state index in [-0.39, 0.29) is 18.3 Å². The molecule has 4 nitrogen and oxygen atoms in total. The first kappa shape index (κ1) is 15.6. The average Bonchev–Trinajstić information content (AvgIpc) is 2.43. The number of halogens is 3. The zero-order valence-corrected chi connectivity index (χ0v) is 13.0. The molecule has 3 N–H and O–H groups in total. The number of rotatable bonds is 4. The van der Waals surface area contributed by atoms with E-state index in [9.17, 15) is 4.39 Å². The molecular weight excluding hydrogens is 363 g/mol. The standard InChI is InChI=1S/C14H11BrClFN2O2/c15-9-3-8(4-10(17)5-9)7-21-11-1-2-12(13(16)6-11)14(18)19-20/h1-6,20H,7H2,(H2,18,19). The minimum atomic E-state index is -0.344. The van der Waals surface area contributed by atoms with Gasteiger partial charge in [-0.1, -0.05) is 32.7 Å². The highest BCUT2D eigenvalue weighted by molar-refractivity contribution is 9.10. The molecule has 0 spiro atoms.